The van der Waals surface area contributed by atoms with Gasteiger partial charge in [-0.3, -0.25) is 9.59 Å². The third-order valence-electron chi connectivity index (χ3n) is 3.71. The summed E-state index contributed by atoms with van der Waals surface area (Å²) in [5, 5.41) is 14.0. The first-order valence-electron chi connectivity index (χ1n) is 8.31. The fraction of sp³-hybridized carbons (Fsp3) is 0.316. The lowest BCUT2D eigenvalue weighted by molar-refractivity contribution is -0.142. The molecule has 138 valence electrons. The van der Waals surface area contributed by atoms with Gasteiger partial charge in [0.1, 0.15) is 6.04 Å². The van der Waals surface area contributed by atoms with E-state index < -0.39 is 23.8 Å². The highest BCUT2D eigenvalue weighted by Crippen LogP contribution is 2.24. The van der Waals surface area contributed by atoms with Crippen molar-refractivity contribution in [1.29, 1.82) is 0 Å². The molecule has 26 heavy (non-hydrogen) atoms. The number of furan rings is 1. The summed E-state index contributed by atoms with van der Waals surface area (Å²) in [6, 6.07) is 9.94. The van der Waals surface area contributed by atoms with Gasteiger partial charge >= 0.3 is 5.97 Å². The molecule has 2 aromatic rings. The maximum absolute atomic E-state index is 12.3. The Kier molecular flexibility index (Phi) is 6.54. The summed E-state index contributed by atoms with van der Waals surface area (Å²) >= 11 is 0. The Morgan fingerprint density at radius 2 is 1.81 bits per heavy atom. The molecule has 1 aromatic carbocycles. The predicted octanol–water partition coefficient (Wildman–Crippen LogP) is 2.29. The summed E-state index contributed by atoms with van der Waals surface area (Å²) < 4.78 is 5.25. The average molecular weight is 358 g/mol. The van der Waals surface area contributed by atoms with Gasteiger partial charge in [0.15, 0.2) is 5.76 Å². The summed E-state index contributed by atoms with van der Waals surface area (Å²) in [5.41, 5.74) is 1.44. The van der Waals surface area contributed by atoms with Gasteiger partial charge in [-0.05, 0) is 24.0 Å². The van der Waals surface area contributed by atoms with Gasteiger partial charge in [0.2, 0.25) is 5.91 Å². The van der Waals surface area contributed by atoms with Gasteiger partial charge < -0.3 is 20.2 Å². The smallest absolute Gasteiger partial charge is 0.326 e. The molecule has 2 amide bonds. The Bertz CT molecular complexity index is 767. The van der Waals surface area contributed by atoms with Crippen molar-refractivity contribution in [3.63, 3.8) is 0 Å². The van der Waals surface area contributed by atoms with E-state index in [9.17, 15) is 14.4 Å². The van der Waals surface area contributed by atoms with Crippen molar-refractivity contribution in [3.05, 3.63) is 48.4 Å². The van der Waals surface area contributed by atoms with Crippen molar-refractivity contribution >= 4 is 17.8 Å². The van der Waals surface area contributed by atoms with Crippen LogP contribution in [0.3, 0.4) is 0 Å². The van der Waals surface area contributed by atoms with Gasteiger partial charge in [0, 0.05) is 5.56 Å². The van der Waals surface area contributed by atoms with E-state index >= 15 is 0 Å². The van der Waals surface area contributed by atoms with Gasteiger partial charge in [-0.15, -0.1) is 0 Å². The van der Waals surface area contributed by atoms with Gasteiger partial charge in [-0.1, -0.05) is 44.2 Å². The number of carboxylic acid groups (broad SMARTS) is 1. The summed E-state index contributed by atoms with van der Waals surface area (Å²) in [5.74, 6) is -2.00. The largest absolute Gasteiger partial charge is 0.480 e. The number of nitrogens with one attached hydrogen (secondary N) is 2. The van der Waals surface area contributed by atoms with E-state index in [-0.39, 0.29) is 18.2 Å². The molecule has 1 atom stereocenters. The van der Waals surface area contributed by atoms with Gasteiger partial charge in [0.25, 0.3) is 5.91 Å². The van der Waals surface area contributed by atoms with Crippen LogP contribution in [0.1, 0.15) is 30.8 Å². The van der Waals surface area contributed by atoms with Gasteiger partial charge in [-0.2, -0.15) is 0 Å². The quantitative estimate of drug-likeness (QED) is 0.671. The molecule has 0 unspecified atom stereocenters. The van der Waals surface area contributed by atoms with E-state index in [0.29, 0.717) is 12.0 Å². The van der Waals surface area contributed by atoms with E-state index in [1.807, 2.05) is 44.2 Å². The number of rotatable bonds is 8. The minimum absolute atomic E-state index is 0.0981. The van der Waals surface area contributed by atoms with Crippen molar-refractivity contribution < 1.29 is 23.9 Å². The first-order chi connectivity index (χ1) is 12.4. The van der Waals surface area contributed by atoms with Crippen LogP contribution < -0.4 is 10.6 Å². The van der Waals surface area contributed by atoms with Crippen LogP contribution in [0.2, 0.25) is 0 Å². The molecule has 0 radical (unpaired) electrons. The molecular formula is C19H22N2O5. The predicted molar refractivity (Wildman–Crippen MR) is 95.5 cm³/mol. The van der Waals surface area contributed by atoms with Crippen LogP contribution in [0.25, 0.3) is 11.1 Å². The fourth-order valence-electron chi connectivity index (χ4n) is 2.51. The molecule has 0 saturated heterocycles. The van der Waals surface area contributed by atoms with E-state index in [1.54, 1.807) is 6.07 Å². The van der Waals surface area contributed by atoms with Crippen molar-refractivity contribution in [2.45, 2.75) is 26.3 Å². The highest BCUT2D eigenvalue weighted by atomic mass is 16.4. The molecule has 0 spiro atoms. The van der Waals surface area contributed by atoms with Crippen molar-refractivity contribution in [3.8, 4) is 11.1 Å². The number of aliphatic carboxylic acids is 1. The molecule has 0 aliphatic carbocycles. The third-order valence-corrected chi connectivity index (χ3v) is 3.71. The van der Waals surface area contributed by atoms with Crippen molar-refractivity contribution in [2.24, 2.45) is 5.92 Å². The molecule has 0 fully saturated rings. The molecule has 0 bridgehead atoms. The molecule has 7 heteroatoms. The Labute approximate surface area is 151 Å². The van der Waals surface area contributed by atoms with Crippen molar-refractivity contribution in [2.75, 3.05) is 6.54 Å². The van der Waals surface area contributed by atoms with Crippen LogP contribution in [0.4, 0.5) is 0 Å². The van der Waals surface area contributed by atoms with Gasteiger partial charge in [0.05, 0.1) is 12.8 Å². The minimum atomic E-state index is -1.10. The van der Waals surface area contributed by atoms with E-state index in [1.165, 1.54) is 6.26 Å². The van der Waals surface area contributed by atoms with E-state index in [0.717, 1.165) is 5.56 Å². The summed E-state index contributed by atoms with van der Waals surface area (Å²) in [7, 11) is 0. The highest BCUT2D eigenvalue weighted by Gasteiger charge is 2.22. The van der Waals surface area contributed by atoms with Gasteiger partial charge in [-0.25, -0.2) is 4.79 Å². The zero-order valence-corrected chi connectivity index (χ0v) is 14.7. The SMILES string of the molecule is CC(C)C[C@H](NC(=O)CNC(=O)c1occc1-c1ccccc1)C(=O)O. The molecule has 2 rings (SSSR count). The second-order valence-corrected chi connectivity index (χ2v) is 6.30. The molecule has 0 aliphatic rings. The first kappa shape index (κ1) is 19.2. The molecular weight excluding hydrogens is 336 g/mol. The van der Waals surface area contributed by atoms with E-state index in [4.69, 9.17) is 9.52 Å². The molecule has 0 aliphatic heterocycles. The second kappa shape index (κ2) is 8.84. The summed E-state index contributed by atoms with van der Waals surface area (Å²) in [6.45, 7) is 3.40. The molecule has 1 aromatic heterocycles. The number of hydrogen-bond donors (Lipinski definition) is 3. The standard InChI is InChI=1S/C19H22N2O5/c1-12(2)10-15(19(24)25)21-16(22)11-20-18(23)17-14(8-9-26-17)13-6-4-3-5-7-13/h3-9,12,15H,10-11H2,1-2H3,(H,20,23)(H,21,22)(H,24,25)/t15-/m0/s1. The fourth-order valence-corrected chi connectivity index (χ4v) is 2.51. The van der Waals surface area contributed by atoms with Crippen LogP contribution in [0, 0.1) is 5.92 Å². The average Bonchev–Trinajstić information content (AvgIpc) is 3.09. The molecule has 0 saturated carbocycles. The Morgan fingerprint density at radius 3 is 2.42 bits per heavy atom. The van der Waals surface area contributed by atoms with Crippen molar-refractivity contribution in [1.82, 2.24) is 10.6 Å². The minimum Gasteiger partial charge on any atom is -0.480 e. The number of amides is 2. The molecule has 3 N–H and O–H groups in total. The van der Waals surface area contributed by atoms with E-state index in [2.05, 4.69) is 10.6 Å². The zero-order valence-electron chi connectivity index (χ0n) is 14.7. The maximum atomic E-state index is 12.3. The van der Waals surface area contributed by atoms with Crippen LogP contribution in [0.5, 0.6) is 0 Å². The van der Waals surface area contributed by atoms with Crippen LogP contribution in [-0.4, -0.2) is 35.5 Å². The number of carbonyl (C=O) groups is 3. The monoisotopic (exact) mass is 358 g/mol. The Balaban J connectivity index is 1.96. The summed E-state index contributed by atoms with van der Waals surface area (Å²) in [6.07, 6.45) is 1.71. The third kappa shape index (κ3) is 5.20. The lowest BCUT2D eigenvalue weighted by atomic mass is 10.0. The van der Waals surface area contributed by atoms with Crippen LogP contribution >= 0.6 is 0 Å². The Morgan fingerprint density at radius 1 is 1.12 bits per heavy atom. The number of benzene rings is 1. The Hall–Kier alpha value is -3.09. The molecule has 7 nitrogen and oxygen atoms in total. The normalized spacial score (nSPS) is 11.8. The maximum Gasteiger partial charge on any atom is 0.326 e. The lowest BCUT2D eigenvalue weighted by Gasteiger charge is -2.16. The first-order valence-corrected chi connectivity index (χ1v) is 8.31. The molecule has 1 heterocycles. The topological polar surface area (TPSA) is 109 Å². The highest BCUT2D eigenvalue weighted by molar-refractivity contribution is 6.00. The lowest BCUT2D eigenvalue weighted by Crippen LogP contribution is -2.46. The summed E-state index contributed by atoms with van der Waals surface area (Å²) in [4.78, 5) is 35.4. The zero-order chi connectivity index (χ0) is 19.1. The number of carboxylic acids is 1. The number of carbonyl (C=O) groups excluding carboxylic acids is 2. The van der Waals surface area contributed by atoms with Crippen LogP contribution in [-0.2, 0) is 9.59 Å². The second-order valence-electron chi connectivity index (χ2n) is 6.30. The number of hydrogen-bond acceptors (Lipinski definition) is 4. The van der Waals surface area contributed by atoms with Crippen LogP contribution in [0.15, 0.2) is 47.1 Å².